The van der Waals surface area contributed by atoms with Crippen molar-refractivity contribution in [1.82, 2.24) is 24.7 Å². The summed E-state index contributed by atoms with van der Waals surface area (Å²) >= 11 is 0. The molecule has 6 nitrogen and oxygen atoms in total. The Hall–Kier alpha value is -2.76. The number of pyridine rings is 1. The molecule has 0 radical (unpaired) electrons. The van der Waals surface area contributed by atoms with Crippen LogP contribution in [0.4, 0.5) is 11.5 Å². The molecule has 6 heteroatoms. The highest BCUT2D eigenvalue weighted by Gasteiger charge is 2.23. The van der Waals surface area contributed by atoms with Gasteiger partial charge in [-0.15, -0.1) is 0 Å². The first-order valence-corrected chi connectivity index (χ1v) is 9.91. The van der Waals surface area contributed by atoms with E-state index in [2.05, 4.69) is 27.0 Å². The van der Waals surface area contributed by atoms with Crippen LogP contribution in [0.1, 0.15) is 55.1 Å². The first-order valence-electron chi connectivity index (χ1n) is 9.91. The Balaban J connectivity index is 1.51. The van der Waals surface area contributed by atoms with Gasteiger partial charge in [0.1, 0.15) is 5.82 Å². The highest BCUT2D eigenvalue weighted by molar-refractivity contribution is 5.66. The predicted molar refractivity (Wildman–Crippen MR) is 105 cm³/mol. The van der Waals surface area contributed by atoms with E-state index >= 15 is 0 Å². The van der Waals surface area contributed by atoms with Crippen molar-refractivity contribution in [2.24, 2.45) is 0 Å². The third-order valence-corrected chi connectivity index (χ3v) is 5.82. The fourth-order valence-corrected chi connectivity index (χ4v) is 4.35. The molecule has 138 valence electrons. The minimum absolute atomic E-state index is 0.544. The maximum absolute atomic E-state index is 4.86. The van der Waals surface area contributed by atoms with Gasteiger partial charge in [0.15, 0.2) is 5.82 Å². The maximum Gasteiger partial charge on any atom is 0.163 e. The minimum Gasteiger partial charge on any atom is -0.337 e. The van der Waals surface area contributed by atoms with Crippen molar-refractivity contribution in [1.29, 1.82) is 0 Å². The summed E-state index contributed by atoms with van der Waals surface area (Å²) in [5.41, 5.74) is 5.60. The second kappa shape index (κ2) is 6.76. The maximum atomic E-state index is 4.86. The molecule has 1 N–H and O–H groups in total. The lowest BCUT2D eigenvalue weighted by atomic mass is 10.2. The fourth-order valence-electron chi connectivity index (χ4n) is 4.35. The third-order valence-electron chi connectivity index (χ3n) is 5.82. The van der Waals surface area contributed by atoms with Crippen molar-refractivity contribution in [3.63, 3.8) is 0 Å². The van der Waals surface area contributed by atoms with Gasteiger partial charge in [-0.25, -0.2) is 9.97 Å². The van der Waals surface area contributed by atoms with Crippen molar-refractivity contribution in [3.8, 4) is 11.4 Å². The van der Waals surface area contributed by atoms with E-state index in [1.807, 2.05) is 24.5 Å². The number of hydrogen-bond acceptors (Lipinski definition) is 5. The number of aromatic nitrogens is 5. The van der Waals surface area contributed by atoms with Gasteiger partial charge >= 0.3 is 0 Å². The standard InChI is InChI=1S/C21H24N6/c1-14-19(13-23-27(14)16-7-2-3-8-16)25-21-17-9-4-10-18(17)24-20(26-21)15-6-5-11-22-12-15/h5-6,11-13,16H,2-4,7-10H2,1H3,(H,24,25,26). The average Bonchev–Trinajstić information content (AvgIpc) is 3.44. The summed E-state index contributed by atoms with van der Waals surface area (Å²) in [5.74, 6) is 1.66. The number of nitrogens with zero attached hydrogens (tertiary/aromatic N) is 5. The molecule has 1 fully saturated rings. The van der Waals surface area contributed by atoms with Crippen LogP contribution in [0.3, 0.4) is 0 Å². The Labute approximate surface area is 159 Å². The second-order valence-corrected chi connectivity index (χ2v) is 7.57. The topological polar surface area (TPSA) is 68.5 Å². The zero-order chi connectivity index (χ0) is 18.2. The average molecular weight is 360 g/mol. The molecule has 1 saturated carbocycles. The molecular formula is C21H24N6. The Morgan fingerprint density at radius 2 is 1.96 bits per heavy atom. The molecule has 27 heavy (non-hydrogen) atoms. The summed E-state index contributed by atoms with van der Waals surface area (Å²) in [6, 6.07) is 4.48. The van der Waals surface area contributed by atoms with Gasteiger partial charge in [0.2, 0.25) is 0 Å². The number of anilines is 2. The highest BCUT2D eigenvalue weighted by atomic mass is 15.3. The first kappa shape index (κ1) is 16.4. The van der Waals surface area contributed by atoms with Gasteiger partial charge in [-0.1, -0.05) is 12.8 Å². The van der Waals surface area contributed by atoms with Crippen molar-refractivity contribution >= 4 is 11.5 Å². The van der Waals surface area contributed by atoms with E-state index in [1.54, 1.807) is 6.20 Å². The number of hydrogen-bond donors (Lipinski definition) is 1. The van der Waals surface area contributed by atoms with Crippen LogP contribution >= 0.6 is 0 Å². The van der Waals surface area contributed by atoms with E-state index in [4.69, 9.17) is 9.97 Å². The fraction of sp³-hybridized carbons (Fsp3) is 0.429. The number of nitrogens with one attached hydrogen (secondary N) is 1. The molecule has 3 heterocycles. The summed E-state index contributed by atoms with van der Waals surface area (Å²) in [7, 11) is 0. The van der Waals surface area contributed by atoms with E-state index in [-0.39, 0.29) is 0 Å². The molecule has 0 bridgehead atoms. The van der Waals surface area contributed by atoms with Crippen LogP contribution < -0.4 is 5.32 Å². The molecule has 3 aromatic heterocycles. The molecule has 2 aliphatic carbocycles. The molecule has 0 aromatic carbocycles. The van der Waals surface area contributed by atoms with Crippen molar-refractivity contribution in [2.45, 2.75) is 57.9 Å². The smallest absolute Gasteiger partial charge is 0.163 e. The van der Waals surface area contributed by atoms with Crippen LogP contribution in [0.25, 0.3) is 11.4 Å². The molecule has 0 atom stereocenters. The van der Waals surface area contributed by atoms with Gasteiger partial charge in [-0.05, 0) is 51.2 Å². The van der Waals surface area contributed by atoms with Crippen molar-refractivity contribution in [2.75, 3.05) is 5.32 Å². The Kier molecular flexibility index (Phi) is 4.11. The van der Waals surface area contributed by atoms with Crippen LogP contribution in [0.2, 0.25) is 0 Å². The molecule has 2 aliphatic rings. The minimum atomic E-state index is 0.544. The van der Waals surface area contributed by atoms with Crippen molar-refractivity contribution < 1.29 is 0 Å². The van der Waals surface area contributed by atoms with Gasteiger partial charge in [0, 0.05) is 29.2 Å². The summed E-state index contributed by atoms with van der Waals surface area (Å²) in [4.78, 5) is 13.9. The molecule has 3 aromatic rings. The van der Waals surface area contributed by atoms with Gasteiger partial charge in [0.05, 0.1) is 23.6 Å². The highest BCUT2D eigenvalue weighted by Crippen LogP contribution is 2.34. The second-order valence-electron chi connectivity index (χ2n) is 7.57. The number of fused-ring (bicyclic) bond motifs is 1. The monoisotopic (exact) mass is 360 g/mol. The lowest BCUT2D eigenvalue weighted by Crippen LogP contribution is -2.09. The van der Waals surface area contributed by atoms with E-state index in [9.17, 15) is 0 Å². The number of rotatable bonds is 4. The summed E-state index contributed by atoms with van der Waals surface area (Å²) < 4.78 is 2.19. The van der Waals surface area contributed by atoms with E-state index in [0.717, 1.165) is 47.8 Å². The van der Waals surface area contributed by atoms with Crippen LogP contribution in [0, 0.1) is 6.92 Å². The Bertz CT molecular complexity index is 956. The normalized spacial score (nSPS) is 16.6. The van der Waals surface area contributed by atoms with E-state index in [1.165, 1.54) is 36.9 Å². The molecule has 0 saturated heterocycles. The molecule has 0 aliphatic heterocycles. The van der Waals surface area contributed by atoms with Gasteiger partial charge in [-0.3, -0.25) is 9.67 Å². The summed E-state index contributed by atoms with van der Waals surface area (Å²) in [6.45, 7) is 2.15. The quantitative estimate of drug-likeness (QED) is 0.747. The van der Waals surface area contributed by atoms with Crippen LogP contribution in [0.5, 0.6) is 0 Å². The van der Waals surface area contributed by atoms with E-state index < -0.39 is 0 Å². The largest absolute Gasteiger partial charge is 0.337 e. The van der Waals surface area contributed by atoms with Crippen LogP contribution in [-0.2, 0) is 12.8 Å². The molecule has 0 spiro atoms. The lowest BCUT2D eigenvalue weighted by molar-refractivity contribution is 0.457. The third kappa shape index (κ3) is 2.99. The summed E-state index contributed by atoms with van der Waals surface area (Å²) in [6.07, 6.45) is 13.8. The number of aryl methyl sites for hydroxylation is 1. The van der Waals surface area contributed by atoms with Gasteiger partial charge < -0.3 is 5.32 Å². The zero-order valence-corrected chi connectivity index (χ0v) is 15.6. The van der Waals surface area contributed by atoms with Crippen LogP contribution in [0.15, 0.2) is 30.7 Å². The molecule has 0 unspecified atom stereocenters. The SMILES string of the molecule is Cc1c(Nc2nc(-c3cccnc3)nc3c2CCC3)cnn1C1CCCC1. The summed E-state index contributed by atoms with van der Waals surface area (Å²) in [5, 5.41) is 8.24. The first-order chi connectivity index (χ1) is 13.3. The van der Waals surface area contributed by atoms with Crippen molar-refractivity contribution in [3.05, 3.63) is 47.7 Å². The molecule has 5 rings (SSSR count). The Morgan fingerprint density at radius 1 is 1.07 bits per heavy atom. The Morgan fingerprint density at radius 3 is 2.78 bits per heavy atom. The molecule has 0 amide bonds. The van der Waals surface area contributed by atoms with Gasteiger partial charge in [-0.2, -0.15) is 5.10 Å². The zero-order valence-electron chi connectivity index (χ0n) is 15.6. The lowest BCUT2D eigenvalue weighted by Gasteiger charge is -2.14. The van der Waals surface area contributed by atoms with E-state index in [0.29, 0.717) is 6.04 Å². The molecular weight excluding hydrogens is 336 g/mol. The van der Waals surface area contributed by atoms with Gasteiger partial charge in [0.25, 0.3) is 0 Å². The predicted octanol–water partition coefficient (Wildman–Crippen LogP) is 4.39. The van der Waals surface area contributed by atoms with Crippen LogP contribution in [-0.4, -0.2) is 24.7 Å².